The number of aryl methyl sites for hydroxylation is 2. The molecule has 0 saturated carbocycles. The number of rotatable bonds is 7. The Hall–Kier alpha value is -2.55. The highest BCUT2D eigenvalue weighted by Crippen LogP contribution is 2.23. The molecule has 0 aliphatic carbocycles. The van der Waals surface area contributed by atoms with Gasteiger partial charge in [0, 0.05) is 0 Å². The molecular formula is C24H32O3. The number of carbonyl (C=O) groups is 1. The van der Waals surface area contributed by atoms with Gasteiger partial charge in [-0.25, -0.2) is 0 Å². The molecule has 0 aromatic heterocycles. The Bertz CT molecular complexity index is 756. The van der Waals surface area contributed by atoms with E-state index >= 15 is 0 Å². The fourth-order valence-electron chi connectivity index (χ4n) is 2.60. The van der Waals surface area contributed by atoms with Crippen LogP contribution in [-0.2, 0) is 17.6 Å². The van der Waals surface area contributed by atoms with Gasteiger partial charge in [0.25, 0.3) is 0 Å². The van der Waals surface area contributed by atoms with Gasteiger partial charge in [-0.2, -0.15) is 0 Å². The molecule has 0 N–H and O–H groups in total. The minimum Gasteiger partial charge on any atom is -0.496 e. The third-order valence-corrected chi connectivity index (χ3v) is 3.96. The lowest BCUT2D eigenvalue weighted by Crippen LogP contribution is -2.11. The van der Waals surface area contributed by atoms with Crippen LogP contribution in [0.1, 0.15) is 50.8 Å². The summed E-state index contributed by atoms with van der Waals surface area (Å²) in [7, 11) is 1.64. The van der Waals surface area contributed by atoms with Gasteiger partial charge >= 0.3 is 5.97 Å². The van der Waals surface area contributed by atoms with E-state index in [9.17, 15) is 4.79 Å². The minimum absolute atomic E-state index is 0.229. The fraction of sp³-hybridized carbons (Fsp3) is 0.375. The third kappa shape index (κ3) is 7.69. The first kappa shape index (κ1) is 22.5. The standard InChI is InChI=1S/C22H26O3.C2H6/c1-16(2)9-11-19-15-17(3)10-13-21(19)25-22(23)14-12-18-7-5-6-8-20(18)24-4;1-2/h5-10,13,15H,11-12,14H2,1-4H3;1-2H3. The van der Waals surface area contributed by atoms with Crippen molar-refractivity contribution in [2.75, 3.05) is 7.11 Å². The van der Waals surface area contributed by atoms with Crippen LogP contribution in [0.5, 0.6) is 11.5 Å². The maximum atomic E-state index is 12.3. The Morgan fingerprint density at radius 1 is 1.00 bits per heavy atom. The molecule has 2 aromatic carbocycles. The minimum atomic E-state index is -0.229. The molecule has 0 bridgehead atoms. The molecule has 0 spiro atoms. The van der Waals surface area contributed by atoms with Crippen LogP contribution >= 0.6 is 0 Å². The lowest BCUT2D eigenvalue weighted by atomic mass is 10.1. The van der Waals surface area contributed by atoms with E-state index in [2.05, 4.69) is 26.0 Å². The number of ether oxygens (including phenoxy) is 2. The van der Waals surface area contributed by atoms with Crippen LogP contribution in [0.25, 0.3) is 0 Å². The van der Waals surface area contributed by atoms with Crippen LogP contribution < -0.4 is 9.47 Å². The van der Waals surface area contributed by atoms with E-state index in [1.54, 1.807) is 7.11 Å². The van der Waals surface area contributed by atoms with Gasteiger partial charge in [0.2, 0.25) is 0 Å². The lowest BCUT2D eigenvalue weighted by Gasteiger charge is -2.11. The second-order valence-corrected chi connectivity index (χ2v) is 6.38. The van der Waals surface area contributed by atoms with Crippen molar-refractivity contribution in [2.24, 2.45) is 0 Å². The molecule has 0 amide bonds. The van der Waals surface area contributed by atoms with Crippen LogP contribution in [0, 0.1) is 6.92 Å². The van der Waals surface area contributed by atoms with Gasteiger partial charge in [-0.3, -0.25) is 4.79 Å². The summed E-state index contributed by atoms with van der Waals surface area (Å²) < 4.78 is 10.9. The van der Waals surface area contributed by atoms with E-state index in [0.29, 0.717) is 18.6 Å². The van der Waals surface area contributed by atoms with Crippen molar-refractivity contribution in [1.82, 2.24) is 0 Å². The second kappa shape index (κ2) is 11.9. The summed E-state index contributed by atoms with van der Waals surface area (Å²) >= 11 is 0. The van der Waals surface area contributed by atoms with Crippen molar-refractivity contribution in [2.45, 2.75) is 53.9 Å². The van der Waals surface area contributed by atoms with Crippen molar-refractivity contribution >= 4 is 5.97 Å². The number of benzene rings is 2. The molecule has 0 saturated heterocycles. The Balaban J connectivity index is 0.00000176. The quantitative estimate of drug-likeness (QED) is 0.338. The zero-order valence-corrected chi connectivity index (χ0v) is 17.5. The normalized spacial score (nSPS) is 9.70. The highest BCUT2D eigenvalue weighted by atomic mass is 16.5. The van der Waals surface area contributed by atoms with Gasteiger partial charge in [0.05, 0.1) is 13.5 Å². The van der Waals surface area contributed by atoms with Crippen LogP contribution in [-0.4, -0.2) is 13.1 Å². The predicted molar refractivity (Wildman–Crippen MR) is 113 cm³/mol. The number of hydrogen-bond donors (Lipinski definition) is 0. The third-order valence-electron chi connectivity index (χ3n) is 3.96. The van der Waals surface area contributed by atoms with Crippen LogP contribution in [0.4, 0.5) is 0 Å². The first-order valence-corrected chi connectivity index (χ1v) is 9.55. The van der Waals surface area contributed by atoms with E-state index in [1.165, 1.54) is 5.57 Å². The fourth-order valence-corrected chi connectivity index (χ4v) is 2.60. The Morgan fingerprint density at radius 2 is 1.70 bits per heavy atom. The Labute approximate surface area is 164 Å². The van der Waals surface area contributed by atoms with Gasteiger partial charge in [-0.15, -0.1) is 0 Å². The average molecular weight is 369 g/mol. The average Bonchev–Trinajstić information content (AvgIpc) is 2.68. The second-order valence-electron chi connectivity index (χ2n) is 6.38. The molecular weight excluding hydrogens is 336 g/mol. The molecule has 0 atom stereocenters. The maximum Gasteiger partial charge on any atom is 0.311 e. The van der Waals surface area contributed by atoms with Crippen molar-refractivity contribution in [3.8, 4) is 11.5 Å². The van der Waals surface area contributed by atoms with E-state index < -0.39 is 0 Å². The highest BCUT2D eigenvalue weighted by Gasteiger charge is 2.11. The van der Waals surface area contributed by atoms with Gasteiger partial charge in [-0.05, 0) is 56.9 Å². The topological polar surface area (TPSA) is 35.5 Å². The Morgan fingerprint density at radius 3 is 2.37 bits per heavy atom. The maximum absolute atomic E-state index is 12.3. The number of esters is 1. The smallest absolute Gasteiger partial charge is 0.311 e. The van der Waals surface area contributed by atoms with Crippen molar-refractivity contribution < 1.29 is 14.3 Å². The largest absolute Gasteiger partial charge is 0.496 e. The zero-order chi connectivity index (χ0) is 20.2. The van der Waals surface area contributed by atoms with Crippen molar-refractivity contribution in [3.05, 3.63) is 70.8 Å². The highest BCUT2D eigenvalue weighted by molar-refractivity contribution is 5.73. The summed E-state index contributed by atoms with van der Waals surface area (Å²) in [5.41, 5.74) is 4.45. The molecule has 146 valence electrons. The number of carbonyl (C=O) groups excluding carboxylic acids is 1. The summed E-state index contributed by atoms with van der Waals surface area (Å²) in [6.07, 6.45) is 3.81. The number of hydrogen-bond acceptors (Lipinski definition) is 3. The molecule has 0 fully saturated rings. The molecule has 0 aliphatic heterocycles. The van der Waals surface area contributed by atoms with Gasteiger partial charge < -0.3 is 9.47 Å². The molecule has 27 heavy (non-hydrogen) atoms. The van der Waals surface area contributed by atoms with Crippen molar-refractivity contribution in [3.63, 3.8) is 0 Å². The number of allylic oxidation sites excluding steroid dienone is 2. The van der Waals surface area contributed by atoms with E-state index in [1.807, 2.05) is 57.2 Å². The SMILES string of the molecule is CC.COc1ccccc1CCC(=O)Oc1ccc(C)cc1CC=C(C)C. The number of para-hydroxylation sites is 1. The molecule has 2 rings (SSSR count). The van der Waals surface area contributed by atoms with E-state index in [-0.39, 0.29) is 5.97 Å². The molecule has 0 aliphatic rings. The van der Waals surface area contributed by atoms with Gasteiger partial charge in [0.15, 0.2) is 0 Å². The van der Waals surface area contributed by atoms with E-state index in [4.69, 9.17) is 9.47 Å². The lowest BCUT2D eigenvalue weighted by molar-refractivity contribution is -0.134. The molecule has 3 heteroatoms. The van der Waals surface area contributed by atoms with Crippen LogP contribution in [0.2, 0.25) is 0 Å². The monoisotopic (exact) mass is 368 g/mol. The summed E-state index contributed by atoms with van der Waals surface area (Å²) in [5.74, 6) is 1.22. The summed E-state index contributed by atoms with van der Waals surface area (Å²) in [6.45, 7) is 10.2. The first-order valence-electron chi connectivity index (χ1n) is 9.55. The Kier molecular flexibility index (Phi) is 9.95. The molecule has 2 aromatic rings. The summed E-state index contributed by atoms with van der Waals surface area (Å²) in [4.78, 5) is 12.3. The predicted octanol–water partition coefficient (Wildman–Crippen LogP) is 6.08. The van der Waals surface area contributed by atoms with Crippen molar-refractivity contribution in [1.29, 1.82) is 0 Å². The summed E-state index contributed by atoms with van der Waals surface area (Å²) in [6, 6.07) is 13.7. The summed E-state index contributed by atoms with van der Waals surface area (Å²) in [5, 5.41) is 0. The van der Waals surface area contributed by atoms with E-state index in [0.717, 1.165) is 28.9 Å². The zero-order valence-electron chi connectivity index (χ0n) is 17.5. The van der Waals surface area contributed by atoms with Crippen LogP contribution in [0.3, 0.4) is 0 Å². The molecule has 0 unspecified atom stereocenters. The molecule has 3 nitrogen and oxygen atoms in total. The first-order chi connectivity index (χ1) is 13.0. The molecule has 0 heterocycles. The van der Waals surface area contributed by atoms with Gasteiger partial charge in [-0.1, -0.05) is 61.4 Å². The van der Waals surface area contributed by atoms with Crippen LogP contribution in [0.15, 0.2) is 54.1 Å². The number of methoxy groups -OCH3 is 1. The van der Waals surface area contributed by atoms with Gasteiger partial charge in [0.1, 0.15) is 11.5 Å². The molecule has 0 radical (unpaired) electrons.